The van der Waals surface area contributed by atoms with Crippen molar-refractivity contribution in [2.75, 3.05) is 13.2 Å². The summed E-state index contributed by atoms with van der Waals surface area (Å²) in [6.45, 7) is 8.75. The predicted octanol–water partition coefficient (Wildman–Crippen LogP) is 1.24. The van der Waals surface area contributed by atoms with Gasteiger partial charge in [0.15, 0.2) is 0 Å². The van der Waals surface area contributed by atoms with Crippen molar-refractivity contribution in [2.45, 2.75) is 25.6 Å². The maximum atomic E-state index is 6.02. The smallest absolute Gasteiger partial charge is 0.491 e. The zero-order chi connectivity index (χ0) is 13.6. The number of nitrogens with two attached hydrogens (primary N) is 1. The Morgan fingerprint density at radius 3 is 3.00 bits per heavy atom. The first-order chi connectivity index (χ1) is 9.05. The molecule has 0 spiro atoms. The zero-order valence-corrected chi connectivity index (χ0v) is 11.3. The fraction of sp³-hybridized carbons (Fsp3) is 0.429. The Morgan fingerprint density at radius 2 is 2.32 bits per heavy atom. The average Bonchev–Trinajstić information content (AvgIpc) is 2.68. The van der Waals surface area contributed by atoms with Crippen molar-refractivity contribution in [2.24, 2.45) is 5.73 Å². The van der Waals surface area contributed by atoms with E-state index in [2.05, 4.69) is 6.58 Å². The second-order valence-corrected chi connectivity index (χ2v) is 5.54. The SMILES string of the molecule is C=Cc1ccc2c3c1[C@@H](CN)OB3OC(C)(C)CO2. The molecule has 0 saturated carbocycles. The van der Waals surface area contributed by atoms with E-state index >= 15 is 0 Å². The zero-order valence-electron chi connectivity index (χ0n) is 11.3. The summed E-state index contributed by atoms with van der Waals surface area (Å²) < 4.78 is 17.8. The predicted molar refractivity (Wildman–Crippen MR) is 75.5 cm³/mol. The molecule has 3 rings (SSSR count). The highest BCUT2D eigenvalue weighted by Gasteiger charge is 2.45. The van der Waals surface area contributed by atoms with Crippen molar-refractivity contribution in [3.05, 3.63) is 29.8 Å². The van der Waals surface area contributed by atoms with Crippen LogP contribution in [0.4, 0.5) is 0 Å². The quantitative estimate of drug-likeness (QED) is 0.812. The first kappa shape index (κ1) is 12.7. The van der Waals surface area contributed by atoms with Crippen LogP contribution in [0.5, 0.6) is 5.75 Å². The normalized spacial score (nSPS) is 23.5. The van der Waals surface area contributed by atoms with Gasteiger partial charge in [0.05, 0.1) is 11.7 Å². The molecule has 0 unspecified atom stereocenters. The molecular formula is C14H18BNO3. The molecule has 1 atom stereocenters. The van der Waals surface area contributed by atoms with E-state index in [4.69, 9.17) is 19.8 Å². The van der Waals surface area contributed by atoms with Gasteiger partial charge in [0.2, 0.25) is 0 Å². The van der Waals surface area contributed by atoms with Crippen LogP contribution in [-0.4, -0.2) is 25.9 Å². The van der Waals surface area contributed by atoms with Gasteiger partial charge in [0.1, 0.15) is 12.4 Å². The van der Waals surface area contributed by atoms with Gasteiger partial charge in [-0.1, -0.05) is 18.7 Å². The molecule has 0 fully saturated rings. The third-order valence-electron chi connectivity index (χ3n) is 3.56. The fourth-order valence-electron chi connectivity index (χ4n) is 2.66. The van der Waals surface area contributed by atoms with Gasteiger partial charge in [-0.05, 0) is 31.0 Å². The van der Waals surface area contributed by atoms with E-state index in [0.29, 0.717) is 13.2 Å². The maximum absolute atomic E-state index is 6.02. The van der Waals surface area contributed by atoms with E-state index < -0.39 is 12.7 Å². The molecule has 100 valence electrons. The Kier molecular flexibility index (Phi) is 2.93. The first-order valence-electron chi connectivity index (χ1n) is 6.51. The molecule has 2 aliphatic rings. The van der Waals surface area contributed by atoms with Gasteiger partial charge in [-0.15, -0.1) is 0 Å². The molecule has 0 bridgehead atoms. The van der Waals surface area contributed by atoms with Crippen LogP contribution in [0.1, 0.15) is 31.1 Å². The summed E-state index contributed by atoms with van der Waals surface area (Å²) in [5.41, 5.74) is 8.48. The molecule has 2 heterocycles. The van der Waals surface area contributed by atoms with Crippen LogP contribution in [0.25, 0.3) is 6.08 Å². The van der Waals surface area contributed by atoms with E-state index in [9.17, 15) is 0 Å². The lowest BCUT2D eigenvalue weighted by molar-refractivity contribution is 0.0282. The van der Waals surface area contributed by atoms with Crippen LogP contribution in [0.2, 0.25) is 0 Å². The summed E-state index contributed by atoms with van der Waals surface area (Å²) in [5.74, 6) is 0.826. The van der Waals surface area contributed by atoms with E-state index in [-0.39, 0.29) is 6.10 Å². The topological polar surface area (TPSA) is 53.7 Å². The molecule has 2 N–H and O–H groups in total. The monoisotopic (exact) mass is 259 g/mol. The van der Waals surface area contributed by atoms with Crippen LogP contribution in [-0.2, 0) is 9.31 Å². The van der Waals surface area contributed by atoms with Crippen molar-refractivity contribution in [3.8, 4) is 5.75 Å². The molecule has 19 heavy (non-hydrogen) atoms. The van der Waals surface area contributed by atoms with Crippen molar-refractivity contribution < 1.29 is 14.0 Å². The van der Waals surface area contributed by atoms with Gasteiger partial charge in [-0.2, -0.15) is 0 Å². The lowest BCUT2D eigenvalue weighted by Crippen LogP contribution is -2.40. The van der Waals surface area contributed by atoms with E-state index in [1.54, 1.807) is 0 Å². The van der Waals surface area contributed by atoms with Gasteiger partial charge in [0.25, 0.3) is 0 Å². The summed E-state index contributed by atoms with van der Waals surface area (Å²) in [5, 5.41) is 0. The van der Waals surface area contributed by atoms with Crippen LogP contribution in [0.3, 0.4) is 0 Å². The number of ether oxygens (including phenoxy) is 1. The van der Waals surface area contributed by atoms with E-state index in [1.807, 2.05) is 32.1 Å². The highest BCUT2D eigenvalue weighted by Crippen LogP contribution is 2.35. The highest BCUT2D eigenvalue weighted by molar-refractivity contribution is 6.64. The second kappa shape index (κ2) is 4.37. The van der Waals surface area contributed by atoms with E-state index in [1.165, 1.54) is 0 Å². The van der Waals surface area contributed by atoms with Crippen LogP contribution < -0.4 is 15.9 Å². The Labute approximate surface area is 113 Å². The Balaban J connectivity index is 2.16. The second-order valence-electron chi connectivity index (χ2n) is 5.54. The highest BCUT2D eigenvalue weighted by atomic mass is 16.6. The number of rotatable bonds is 2. The molecule has 1 aromatic carbocycles. The number of hydrogen-bond acceptors (Lipinski definition) is 4. The number of benzene rings is 1. The Bertz CT molecular complexity index is 530. The van der Waals surface area contributed by atoms with E-state index in [0.717, 1.165) is 22.3 Å². The summed E-state index contributed by atoms with van der Waals surface area (Å²) >= 11 is 0. The fourth-order valence-corrected chi connectivity index (χ4v) is 2.66. The molecule has 4 nitrogen and oxygen atoms in total. The van der Waals surface area contributed by atoms with Gasteiger partial charge >= 0.3 is 7.12 Å². The number of hydrogen-bond donors (Lipinski definition) is 1. The van der Waals surface area contributed by atoms with Gasteiger partial charge in [0, 0.05) is 12.0 Å². The van der Waals surface area contributed by atoms with Crippen molar-refractivity contribution in [3.63, 3.8) is 0 Å². The van der Waals surface area contributed by atoms with Crippen LogP contribution in [0, 0.1) is 0 Å². The summed E-state index contributed by atoms with van der Waals surface area (Å²) in [6.07, 6.45) is 1.66. The third-order valence-corrected chi connectivity index (χ3v) is 3.56. The Morgan fingerprint density at radius 1 is 1.53 bits per heavy atom. The Hall–Kier alpha value is -1.30. The summed E-state index contributed by atoms with van der Waals surface area (Å²) in [7, 11) is -0.407. The van der Waals surface area contributed by atoms with Gasteiger partial charge in [-0.3, -0.25) is 0 Å². The minimum Gasteiger partial charge on any atom is -0.491 e. The minimum atomic E-state index is -0.407. The molecule has 0 aromatic heterocycles. The van der Waals surface area contributed by atoms with Crippen LogP contribution >= 0.6 is 0 Å². The third kappa shape index (κ3) is 1.98. The lowest BCUT2D eigenvalue weighted by atomic mass is 9.76. The maximum Gasteiger partial charge on any atom is 0.499 e. The van der Waals surface area contributed by atoms with Crippen molar-refractivity contribution >= 4 is 18.7 Å². The molecule has 0 aliphatic carbocycles. The largest absolute Gasteiger partial charge is 0.499 e. The molecule has 0 radical (unpaired) electrons. The lowest BCUT2D eigenvalue weighted by Gasteiger charge is -2.25. The summed E-state index contributed by atoms with van der Waals surface area (Å²) in [4.78, 5) is 0. The molecule has 0 amide bonds. The molecule has 2 aliphatic heterocycles. The standard InChI is InChI=1S/C14H18BNO3/c1-4-9-5-6-10-13-12(9)11(7-16)18-15(13)19-14(2,3)8-17-10/h4-6,11H,1,7-8,16H2,2-3H3/t11-/m1/s1. The molecule has 0 saturated heterocycles. The molecule has 5 heteroatoms. The van der Waals surface area contributed by atoms with Crippen molar-refractivity contribution in [1.29, 1.82) is 0 Å². The van der Waals surface area contributed by atoms with Gasteiger partial charge in [-0.25, -0.2) is 0 Å². The van der Waals surface area contributed by atoms with Crippen molar-refractivity contribution in [1.82, 2.24) is 0 Å². The van der Waals surface area contributed by atoms with Crippen LogP contribution in [0.15, 0.2) is 18.7 Å². The molecular weight excluding hydrogens is 241 g/mol. The van der Waals surface area contributed by atoms with Gasteiger partial charge < -0.3 is 19.8 Å². The summed E-state index contributed by atoms with van der Waals surface area (Å²) in [6, 6.07) is 3.95. The molecule has 1 aromatic rings. The minimum absolute atomic E-state index is 0.162. The average molecular weight is 259 g/mol. The first-order valence-corrected chi connectivity index (χ1v) is 6.51.